The van der Waals surface area contributed by atoms with Gasteiger partial charge in [0.05, 0.1) is 17.7 Å². The molecule has 5 heteroatoms. The Hall–Kier alpha value is -1.71. The van der Waals surface area contributed by atoms with Gasteiger partial charge >= 0.3 is 0 Å². The molecule has 0 fully saturated rings. The van der Waals surface area contributed by atoms with Crippen LogP contribution in [0.3, 0.4) is 0 Å². The first-order valence-corrected chi connectivity index (χ1v) is 6.22. The van der Waals surface area contributed by atoms with Crippen molar-refractivity contribution in [1.82, 2.24) is 0 Å². The first-order valence-electron chi connectivity index (χ1n) is 5.46. The fourth-order valence-electron chi connectivity index (χ4n) is 1.71. The van der Waals surface area contributed by atoms with Gasteiger partial charge in [-0.05, 0) is 36.4 Å². The fourth-order valence-corrected chi connectivity index (χ4v) is 2.15. The number of nitrogens with two attached hydrogens (primary N) is 1. The van der Waals surface area contributed by atoms with Gasteiger partial charge in [-0.2, -0.15) is 0 Å². The van der Waals surface area contributed by atoms with Crippen LogP contribution in [0.15, 0.2) is 36.4 Å². The van der Waals surface area contributed by atoms with E-state index in [-0.39, 0.29) is 5.78 Å². The van der Waals surface area contributed by atoms with Crippen LogP contribution in [0.1, 0.15) is 15.9 Å². The zero-order valence-corrected chi connectivity index (χ0v) is 11.6. The molecule has 2 aromatic rings. The SMILES string of the molecule is COc1cc(Cl)ccc1C(=O)c1ccc(N)cc1Cl. The zero-order chi connectivity index (χ0) is 14.0. The Balaban J connectivity index is 2.50. The third-order valence-corrected chi connectivity index (χ3v) is 3.19. The predicted molar refractivity (Wildman–Crippen MR) is 77.3 cm³/mol. The summed E-state index contributed by atoms with van der Waals surface area (Å²) in [4.78, 5) is 12.4. The summed E-state index contributed by atoms with van der Waals surface area (Å²) in [6.45, 7) is 0. The molecule has 0 aromatic heterocycles. The second-order valence-electron chi connectivity index (χ2n) is 3.91. The number of rotatable bonds is 3. The van der Waals surface area contributed by atoms with Crippen molar-refractivity contribution in [3.63, 3.8) is 0 Å². The van der Waals surface area contributed by atoms with Gasteiger partial charge in [-0.1, -0.05) is 23.2 Å². The van der Waals surface area contributed by atoms with Gasteiger partial charge in [-0.25, -0.2) is 0 Å². The summed E-state index contributed by atoms with van der Waals surface area (Å²) in [6.07, 6.45) is 0. The van der Waals surface area contributed by atoms with Gasteiger partial charge in [0.2, 0.25) is 0 Å². The molecule has 0 bridgehead atoms. The first kappa shape index (κ1) is 13.7. The molecule has 0 amide bonds. The molecule has 0 spiro atoms. The van der Waals surface area contributed by atoms with Crippen LogP contribution in [0.25, 0.3) is 0 Å². The number of hydrogen-bond acceptors (Lipinski definition) is 3. The molecule has 0 aliphatic heterocycles. The van der Waals surface area contributed by atoms with E-state index >= 15 is 0 Å². The van der Waals surface area contributed by atoms with E-state index < -0.39 is 0 Å². The lowest BCUT2D eigenvalue weighted by atomic mass is 10.0. The third-order valence-electron chi connectivity index (χ3n) is 2.65. The Morgan fingerprint density at radius 2 is 1.79 bits per heavy atom. The highest BCUT2D eigenvalue weighted by atomic mass is 35.5. The van der Waals surface area contributed by atoms with Gasteiger partial charge < -0.3 is 10.5 Å². The number of hydrogen-bond donors (Lipinski definition) is 1. The van der Waals surface area contributed by atoms with Crippen LogP contribution in [0.2, 0.25) is 10.0 Å². The molecule has 0 aliphatic rings. The van der Waals surface area contributed by atoms with E-state index in [1.807, 2.05) is 0 Å². The Labute approximate surface area is 120 Å². The molecular weight excluding hydrogens is 285 g/mol. The quantitative estimate of drug-likeness (QED) is 0.692. The van der Waals surface area contributed by atoms with E-state index in [1.54, 1.807) is 30.3 Å². The number of ketones is 1. The summed E-state index contributed by atoms with van der Waals surface area (Å²) < 4.78 is 5.16. The molecule has 2 rings (SSSR count). The zero-order valence-electron chi connectivity index (χ0n) is 10.1. The summed E-state index contributed by atoms with van der Waals surface area (Å²) in [5.41, 5.74) is 6.88. The van der Waals surface area contributed by atoms with Gasteiger partial charge in [0, 0.05) is 16.3 Å². The highest BCUT2D eigenvalue weighted by Gasteiger charge is 2.17. The van der Waals surface area contributed by atoms with Crippen LogP contribution in [-0.4, -0.2) is 12.9 Å². The predicted octanol–water partition coefficient (Wildman–Crippen LogP) is 3.82. The van der Waals surface area contributed by atoms with Crippen molar-refractivity contribution in [2.45, 2.75) is 0 Å². The minimum atomic E-state index is -0.237. The number of benzene rings is 2. The largest absolute Gasteiger partial charge is 0.496 e. The van der Waals surface area contributed by atoms with Gasteiger partial charge in [-0.15, -0.1) is 0 Å². The minimum absolute atomic E-state index is 0.237. The van der Waals surface area contributed by atoms with Crippen LogP contribution in [0.4, 0.5) is 5.69 Å². The second-order valence-corrected chi connectivity index (χ2v) is 4.76. The maximum atomic E-state index is 12.4. The average Bonchev–Trinajstić information content (AvgIpc) is 2.37. The molecular formula is C14H11Cl2NO2. The molecule has 2 N–H and O–H groups in total. The topological polar surface area (TPSA) is 52.3 Å². The summed E-state index contributed by atoms with van der Waals surface area (Å²) >= 11 is 11.9. The Bertz CT molecular complexity index is 641. The van der Waals surface area contributed by atoms with E-state index in [0.29, 0.717) is 32.6 Å². The summed E-state index contributed by atoms with van der Waals surface area (Å²) in [5.74, 6) is 0.170. The van der Waals surface area contributed by atoms with E-state index in [0.717, 1.165) is 0 Å². The molecule has 3 nitrogen and oxygen atoms in total. The molecule has 19 heavy (non-hydrogen) atoms. The van der Waals surface area contributed by atoms with E-state index in [9.17, 15) is 4.79 Å². The highest BCUT2D eigenvalue weighted by molar-refractivity contribution is 6.35. The summed E-state index contributed by atoms with van der Waals surface area (Å²) in [7, 11) is 1.48. The lowest BCUT2D eigenvalue weighted by molar-refractivity contribution is 0.103. The summed E-state index contributed by atoms with van der Waals surface area (Å²) in [6, 6.07) is 9.57. The molecule has 0 heterocycles. The molecule has 2 aromatic carbocycles. The molecule has 0 unspecified atom stereocenters. The molecule has 0 saturated carbocycles. The number of halogens is 2. The normalized spacial score (nSPS) is 10.3. The molecule has 0 radical (unpaired) electrons. The summed E-state index contributed by atoms with van der Waals surface area (Å²) in [5, 5.41) is 0.804. The van der Waals surface area contributed by atoms with Crippen LogP contribution in [0.5, 0.6) is 5.75 Å². The number of anilines is 1. The van der Waals surface area contributed by atoms with E-state index in [4.69, 9.17) is 33.7 Å². The van der Waals surface area contributed by atoms with Crippen LogP contribution < -0.4 is 10.5 Å². The van der Waals surface area contributed by atoms with Crippen molar-refractivity contribution in [1.29, 1.82) is 0 Å². The van der Waals surface area contributed by atoms with Crippen LogP contribution >= 0.6 is 23.2 Å². The fraction of sp³-hybridized carbons (Fsp3) is 0.0714. The molecule has 0 atom stereocenters. The maximum absolute atomic E-state index is 12.4. The van der Waals surface area contributed by atoms with Crippen molar-refractivity contribution in [2.75, 3.05) is 12.8 Å². The van der Waals surface area contributed by atoms with Gasteiger partial charge in [-0.3, -0.25) is 4.79 Å². The number of ether oxygens (including phenoxy) is 1. The Morgan fingerprint density at radius 1 is 1.11 bits per heavy atom. The van der Waals surface area contributed by atoms with Crippen molar-refractivity contribution < 1.29 is 9.53 Å². The number of nitrogen functional groups attached to an aromatic ring is 1. The monoisotopic (exact) mass is 295 g/mol. The van der Waals surface area contributed by atoms with Gasteiger partial charge in [0.15, 0.2) is 5.78 Å². The minimum Gasteiger partial charge on any atom is -0.496 e. The van der Waals surface area contributed by atoms with Crippen LogP contribution in [0, 0.1) is 0 Å². The Kier molecular flexibility index (Phi) is 3.98. The van der Waals surface area contributed by atoms with Crippen molar-refractivity contribution >= 4 is 34.7 Å². The average molecular weight is 296 g/mol. The van der Waals surface area contributed by atoms with Crippen molar-refractivity contribution in [3.05, 3.63) is 57.6 Å². The maximum Gasteiger partial charge on any atom is 0.198 e. The highest BCUT2D eigenvalue weighted by Crippen LogP contribution is 2.28. The smallest absolute Gasteiger partial charge is 0.198 e. The third kappa shape index (κ3) is 2.83. The standard InChI is InChI=1S/C14H11Cl2NO2/c1-19-13-6-8(15)2-4-11(13)14(18)10-5-3-9(17)7-12(10)16/h2-7H,17H2,1H3. The van der Waals surface area contributed by atoms with Crippen molar-refractivity contribution in [2.24, 2.45) is 0 Å². The number of methoxy groups -OCH3 is 1. The van der Waals surface area contributed by atoms with E-state index in [2.05, 4.69) is 0 Å². The molecule has 0 saturated heterocycles. The lowest BCUT2D eigenvalue weighted by Crippen LogP contribution is -2.05. The Morgan fingerprint density at radius 3 is 2.42 bits per heavy atom. The molecule has 0 aliphatic carbocycles. The second kappa shape index (κ2) is 5.51. The molecule has 98 valence electrons. The van der Waals surface area contributed by atoms with Gasteiger partial charge in [0.25, 0.3) is 0 Å². The first-order chi connectivity index (χ1) is 9.02. The number of carbonyl (C=O) groups excluding carboxylic acids is 1. The van der Waals surface area contributed by atoms with Crippen molar-refractivity contribution in [3.8, 4) is 5.75 Å². The lowest BCUT2D eigenvalue weighted by Gasteiger charge is -2.09. The van der Waals surface area contributed by atoms with Gasteiger partial charge in [0.1, 0.15) is 5.75 Å². The number of carbonyl (C=O) groups is 1. The van der Waals surface area contributed by atoms with Crippen LogP contribution in [-0.2, 0) is 0 Å². The van der Waals surface area contributed by atoms with E-state index in [1.165, 1.54) is 13.2 Å².